The average Bonchev–Trinajstić information content (AvgIpc) is 2.12. The maximum Gasteiger partial charge on any atom is 0.142 e. The van der Waals surface area contributed by atoms with Gasteiger partial charge < -0.3 is 11.5 Å². The molecule has 0 aliphatic carbocycles. The first-order valence-electron chi connectivity index (χ1n) is 3.67. The van der Waals surface area contributed by atoms with E-state index in [-0.39, 0.29) is 17.1 Å². The van der Waals surface area contributed by atoms with Crippen molar-refractivity contribution in [2.45, 2.75) is 6.04 Å². The van der Waals surface area contributed by atoms with Crippen molar-refractivity contribution in [1.82, 2.24) is 0 Å². The van der Waals surface area contributed by atoms with Crippen molar-refractivity contribution >= 4 is 11.6 Å². The second-order valence-corrected chi connectivity index (χ2v) is 2.98. The number of rotatable bonds is 2. The molecule has 0 spiro atoms. The van der Waals surface area contributed by atoms with E-state index in [4.69, 9.17) is 23.1 Å². The predicted molar refractivity (Wildman–Crippen MR) is 47.4 cm³/mol. The third-order valence-electron chi connectivity index (χ3n) is 1.70. The Morgan fingerprint density at radius 3 is 2.38 bits per heavy atom. The molecule has 1 aromatic carbocycles. The van der Waals surface area contributed by atoms with Crippen LogP contribution in [-0.2, 0) is 0 Å². The molecule has 0 fully saturated rings. The fraction of sp³-hybridized carbons (Fsp3) is 0.250. The summed E-state index contributed by atoms with van der Waals surface area (Å²) in [4.78, 5) is 0. The first-order chi connectivity index (χ1) is 6.07. The Kier molecular flexibility index (Phi) is 3.19. The molecule has 1 rings (SSSR count). The van der Waals surface area contributed by atoms with E-state index >= 15 is 0 Å². The fourth-order valence-electron chi connectivity index (χ4n) is 1.00. The van der Waals surface area contributed by atoms with E-state index in [0.29, 0.717) is 0 Å². The van der Waals surface area contributed by atoms with Gasteiger partial charge in [0.05, 0.1) is 5.02 Å². The summed E-state index contributed by atoms with van der Waals surface area (Å²) < 4.78 is 25.9. The van der Waals surface area contributed by atoms with Crippen LogP contribution < -0.4 is 11.5 Å². The summed E-state index contributed by atoms with van der Waals surface area (Å²) in [6.07, 6.45) is 0. The van der Waals surface area contributed by atoms with Gasteiger partial charge >= 0.3 is 0 Å². The lowest BCUT2D eigenvalue weighted by Crippen LogP contribution is -2.22. The Morgan fingerprint density at radius 1 is 1.31 bits per heavy atom. The molecule has 1 atom stereocenters. The van der Waals surface area contributed by atoms with Crippen molar-refractivity contribution in [2.75, 3.05) is 6.54 Å². The highest BCUT2D eigenvalue weighted by Crippen LogP contribution is 2.26. The summed E-state index contributed by atoms with van der Waals surface area (Å²) in [7, 11) is 0. The number of nitrogens with two attached hydrogens (primary N) is 2. The molecule has 0 aliphatic heterocycles. The SMILES string of the molecule is NCC(N)c1c(F)ccc(F)c1Cl. The van der Waals surface area contributed by atoms with Gasteiger partial charge in [-0.2, -0.15) is 0 Å². The molecular formula is C8H9ClF2N2. The summed E-state index contributed by atoms with van der Waals surface area (Å²) >= 11 is 5.52. The Morgan fingerprint density at radius 2 is 1.85 bits per heavy atom. The maximum absolute atomic E-state index is 13.1. The van der Waals surface area contributed by atoms with Gasteiger partial charge in [0.25, 0.3) is 0 Å². The highest BCUT2D eigenvalue weighted by molar-refractivity contribution is 6.31. The van der Waals surface area contributed by atoms with E-state index in [0.717, 1.165) is 12.1 Å². The van der Waals surface area contributed by atoms with Crippen LogP contribution in [0.4, 0.5) is 8.78 Å². The van der Waals surface area contributed by atoms with E-state index in [1.165, 1.54) is 0 Å². The zero-order valence-electron chi connectivity index (χ0n) is 6.73. The van der Waals surface area contributed by atoms with Gasteiger partial charge in [-0.3, -0.25) is 0 Å². The summed E-state index contributed by atoms with van der Waals surface area (Å²) in [5.74, 6) is -1.33. The minimum atomic E-state index is -0.775. The predicted octanol–water partition coefficient (Wildman–Crippen LogP) is 1.58. The number of benzene rings is 1. The molecule has 72 valence electrons. The monoisotopic (exact) mass is 206 g/mol. The van der Waals surface area contributed by atoms with Crippen LogP contribution in [0.25, 0.3) is 0 Å². The van der Waals surface area contributed by atoms with Gasteiger partial charge in [-0.25, -0.2) is 8.78 Å². The molecule has 0 heterocycles. The van der Waals surface area contributed by atoms with Gasteiger partial charge in [0.1, 0.15) is 11.6 Å². The lowest BCUT2D eigenvalue weighted by molar-refractivity contribution is 0.564. The van der Waals surface area contributed by atoms with Crippen LogP contribution in [0.15, 0.2) is 12.1 Å². The number of hydrogen-bond acceptors (Lipinski definition) is 2. The van der Waals surface area contributed by atoms with E-state index in [1.807, 2.05) is 0 Å². The average molecular weight is 207 g/mol. The molecule has 0 bridgehead atoms. The molecule has 0 aromatic heterocycles. The van der Waals surface area contributed by atoms with Crippen LogP contribution in [0, 0.1) is 11.6 Å². The molecule has 0 amide bonds. The molecule has 1 unspecified atom stereocenters. The van der Waals surface area contributed by atoms with Gasteiger partial charge in [0.15, 0.2) is 0 Å². The van der Waals surface area contributed by atoms with E-state index in [1.54, 1.807) is 0 Å². The van der Waals surface area contributed by atoms with Gasteiger partial charge in [0, 0.05) is 18.2 Å². The van der Waals surface area contributed by atoms with E-state index in [2.05, 4.69) is 0 Å². The minimum Gasteiger partial charge on any atom is -0.329 e. The van der Waals surface area contributed by atoms with Crippen molar-refractivity contribution in [3.63, 3.8) is 0 Å². The van der Waals surface area contributed by atoms with Crippen LogP contribution in [0.3, 0.4) is 0 Å². The largest absolute Gasteiger partial charge is 0.329 e. The zero-order valence-corrected chi connectivity index (χ0v) is 7.48. The summed E-state index contributed by atoms with van der Waals surface area (Å²) in [6, 6.07) is 1.15. The van der Waals surface area contributed by atoms with Gasteiger partial charge in [0.2, 0.25) is 0 Å². The van der Waals surface area contributed by atoms with Crippen molar-refractivity contribution in [3.05, 3.63) is 34.4 Å². The topological polar surface area (TPSA) is 52.0 Å². The molecule has 0 saturated carbocycles. The zero-order chi connectivity index (χ0) is 10.0. The lowest BCUT2D eigenvalue weighted by Gasteiger charge is -2.12. The number of hydrogen-bond donors (Lipinski definition) is 2. The highest BCUT2D eigenvalue weighted by Gasteiger charge is 2.16. The first kappa shape index (κ1) is 10.4. The minimum absolute atomic E-state index is 0.0140. The van der Waals surface area contributed by atoms with Gasteiger partial charge in [-0.1, -0.05) is 11.6 Å². The Labute approximate surface area is 79.5 Å². The van der Waals surface area contributed by atoms with E-state index < -0.39 is 17.7 Å². The normalized spacial score (nSPS) is 13.0. The quantitative estimate of drug-likeness (QED) is 0.722. The summed E-state index contributed by atoms with van der Waals surface area (Å²) in [5.41, 5.74) is 10.6. The molecule has 2 nitrogen and oxygen atoms in total. The molecule has 1 aromatic rings. The van der Waals surface area contributed by atoms with Crippen LogP contribution >= 0.6 is 11.6 Å². The molecule has 0 aliphatic rings. The molecule has 13 heavy (non-hydrogen) atoms. The number of halogens is 3. The molecular weight excluding hydrogens is 198 g/mol. The second-order valence-electron chi connectivity index (χ2n) is 2.60. The van der Waals surface area contributed by atoms with Crippen LogP contribution in [0.1, 0.15) is 11.6 Å². The van der Waals surface area contributed by atoms with Crippen LogP contribution in [0.2, 0.25) is 5.02 Å². The van der Waals surface area contributed by atoms with Crippen molar-refractivity contribution < 1.29 is 8.78 Å². The Hall–Kier alpha value is -0.710. The van der Waals surface area contributed by atoms with Crippen LogP contribution in [-0.4, -0.2) is 6.54 Å². The lowest BCUT2D eigenvalue weighted by atomic mass is 10.1. The first-order valence-corrected chi connectivity index (χ1v) is 4.04. The maximum atomic E-state index is 13.1. The van der Waals surface area contributed by atoms with Gasteiger partial charge in [-0.05, 0) is 12.1 Å². The smallest absolute Gasteiger partial charge is 0.142 e. The van der Waals surface area contributed by atoms with E-state index in [9.17, 15) is 8.78 Å². The highest BCUT2D eigenvalue weighted by atomic mass is 35.5. The second kappa shape index (κ2) is 4.00. The summed E-state index contributed by atoms with van der Waals surface area (Å²) in [5, 5.41) is -0.294. The summed E-state index contributed by atoms with van der Waals surface area (Å²) in [6.45, 7) is 0.0140. The van der Waals surface area contributed by atoms with Crippen molar-refractivity contribution in [1.29, 1.82) is 0 Å². The van der Waals surface area contributed by atoms with Gasteiger partial charge in [-0.15, -0.1) is 0 Å². The molecule has 0 radical (unpaired) electrons. The van der Waals surface area contributed by atoms with Crippen LogP contribution in [0.5, 0.6) is 0 Å². The Bertz CT molecular complexity index is 317. The standard InChI is InChI=1S/C8H9ClF2N2/c9-8-5(11)2-1-4(10)7(8)6(13)3-12/h1-2,6H,3,12-13H2. The third kappa shape index (κ3) is 1.96. The van der Waals surface area contributed by atoms with Crippen molar-refractivity contribution in [2.24, 2.45) is 11.5 Å². The molecule has 0 saturated heterocycles. The third-order valence-corrected chi connectivity index (χ3v) is 2.09. The molecule has 5 heteroatoms. The molecule has 4 N–H and O–H groups in total. The fourth-order valence-corrected chi connectivity index (χ4v) is 1.29. The van der Waals surface area contributed by atoms with Crippen molar-refractivity contribution in [3.8, 4) is 0 Å². The Balaban J connectivity index is 3.25.